The third-order valence-corrected chi connectivity index (χ3v) is 0.990. The van der Waals surface area contributed by atoms with Crippen LogP contribution in [-0.4, -0.2) is 12.8 Å². The van der Waals surface area contributed by atoms with Crippen molar-refractivity contribution in [2.45, 2.75) is 0 Å². The summed E-state index contributed by atoms with van der Waals surface area (Å²) in [5.41, 5.74) is 0. The molecule has 2 heteroatoms. The van der Waals surface area contributed by atoms with Crippen molar-refractivity contribution in [3.8, 4) is 0 Å². The van der Waals surface area contributed by atoms with Crippen LogP contribution in [0.25, 0.3) is 0 Å². The highest BCUT2D eigenvalue weighted by Crippen LogP contribution is 1.96. The van der Waals surface area contributed by atoms with Gasteiger partial charge in [-0.1, -0.05) is 6.08 Å². The first-order chi connectivity index (χ1) is 3.43. The number of hydrogen-bond acceptors (Lipinski definition) is 2. The normalized spacial score (nSPS) is 27.1. The number of hydrogen-bond donors (Lipinski definition) is 1. The number of aldehydes is 1. The molecule has 0 bridgehead atoms. The highest BCUT2D eigenvalue weighted by molar-refractivity contribution is 5.57. The lowest BCUT2D eigenvalue weighted by Crippen LogP contribution is -2.08. The first kappa shape index (κ1) is 4.37. The van der Waals surface area contributed by atoms with Gasteiger partial charge in [0.05, 0.1) is 5.92 Å². The second-order valence-corrected chi connectivity index (χ2v) is 1.57. The van der Waals surface area contributed by atoms with Crippen molar-refractivity contribution in [2.24, 2.45) is 5.92 Å². The zero-order valence-electron chi connectivity index (χ0n) is 3.92. The van der Waals surface area contributed by atoms with E-state index in [1.54, 1.807) is 6.20 Å². The summed E-state index contributed by atoms with van der Waals surface area (Å²) in [5.74, 6) is 0.125. The molecule has 2 nitrogen and oxygen atoms in total. The number of rotatable bonds is 1. The van der Waals surface area contributed by atoms with E-state index >= 15 is 0 Å². The summed E-state index contributed by atoms with van der Waals surface area (Å²) in [4.78, 5) is 9.92. The van der Waals surface area contributed by atoms with Crippen molar-refractivity contribution < 1.29 is 4.79 Å². The molecule has 0 fully saturated rings. The van der Waals surface area contributed by atoms with Crippen molar-refractivity contribution in [1.82, 2.24) is 5.32 Å². The van der Waals surface area contributed by atoms with E-state index in [9.17, 15) is 4.79 Å². The van der Waals surface area contributed by atoms with Gasteiger partial charge >= 0.3 is 0 Å². The Morgan fingerprint density at radius 3 is 3.00 bits per heavy atom. The molecule has 1 aliphatic heterocycles. The van der Waals surface area contributed by atoms with Gasteiger partial charge < -0.3 is 10.1 Å². The summed E-state index contributed by atoms with van der Waals surface area (Å²) in [5, 5.41) is 2.91. The molecule has 0 saturated heterocycles. The van der Waals surface area contributed by atoms with E-state index in [1.807, 2.05) is 6.08 Å². The zero-order valence-corrected chi connectivity index (χ0v) is 3.92. The summed E-state index contributed by atoms with van der Waals surface area (Å²) in [6.07, 6.45) is 4.60. The molecule has 1 atom stereocenters. The molecule has 38 valence electrons. The van der Waals surface area contributed by atoms with Crippen LogP contribution in [-0.2, 0) is 4.79 Å². The van der Waals surface area contributed by atoms with Crippen molar-refractivity contribution in [1.29, 1.82) is 0 Å². The number of carbonyl (C=O) groups excluding carboxylic acids is 1. The van der Waals surface area contributed by atoms with Crippen molar-refractivity contribution in [3.63, 3.8) is 0 Å². The number of nitrogens with one attached hydrogen (secondary N) is 1. The van der Waals surface area contributed by atoms with Crippen LogP contribution in [0.4, 0.5) is 0 Å². The maximum Gasteiger partial charge on any atom is 0.128 e. The second kappa shape index (κ2) is 1.78. The van der Waals surface area contributed by atoms with E-state index in [0.29, 0.717) is 0 Å². The molecular formula is C5H7NO. The van der Waals surface area contributed by atoms with Gasteiger partial charge in [0, 0.05) is 6.54 Å². The molecule has 0 aromatic heterocycles. The molecule has 1 rings (SSSR count). The molecule has 0 saturated carbocycles. The van der Waals surface area contributed by atoms with Crippen LogP contribution >= 0.6 is 0 Å². The Hall–Kier alpha value is -0.790. The van der Waals surface area contributed by atoms with E-state index in [1.165, 1.54) is 0 Å². The maximum atomic E-state index is 9.92. The van der Waals surface area contributed by atoms with E-state index < -0.39 is 0 Å². The Balaban J connectivity index is 2.42. The minimum Gasteiger partial charge on any atom is -0.390 e. The lowest BCUT2D eigenvalue weighted by Gasteiger charge is -1.90. The molecule has 0 aromatic carbocycles. The summed E-state index contributed by atoms with van der Waals surface area (Å²) in [7, 11) is 0. The van der Waals surface area contributed by atoms with Crippen molar-refractivity contribution >= 4 is 6.29 Å². The Kier molecular flexibility index (Phi) is 1.11. The van der Waals surface area contributed by atoms with Gasteiger partial charge in [-0.15, -0.1) is 0 Å². The lowest BCUT2D eigenvalue weighted by molar-refractivity contribution is -0.109. The maximum absolute atomic E-state index is 9.92. The fourth-order valence-corrected chi connectivity index (χ4v) is 0.557. The minimum absolute atomic E-state index is 0.125. The van der Waals surface area contributed by atoms with Gasteiger partial charge in [0.15, 0.2) is 0 Å². The van der Waals surface area contributed by atoms with Crippen LogP contribution in [0.2, 0.25) is 0 Å². The molecule has 1 unspecified atom stereocenters. The Bertz CT molecular complexity index is 98.3. The molecule has 1 aliphatic rings. The summed E-state index contributed by atoms with van der Waals surface area (Å²) < 4.78 is 0. The molecule has 1 heterocycles. The highest BCUT2D eigenvalue weighted by Gasteiger charge is 2.03. The van der Waals surface area contributed by atoms with Crippen LogP contribution in [0.1, 0.15) is 0 Å². The smallest absolute Gasteiger partial charge is 0.128 e. The molecule has 0 amide bonds. The van der Waals surface area contributed by atoms with Crippen LogP contribution in [0.3, 0.4) is 0 Å². The van der Waals surface area contributed by atoms with Gasteiger partial charge in [-0.25, -0.2) is 0 Å². The summed E-state index contributed by atoms with van der Waals surface area (Å²) in [6, 6.07) is 0. The predicted molar refractivity (Wildman–Crippen MR) is 26.7 cm³/mol. The molecular weight excluding hydrogens is 90.1 g/mol. The second-order valence-electron chi connectivity index (χ2n) is 1.57. The quantitative estimate of drug-likeness (QED) is 0.463. The van der Waals surface area contributed by atoms with Gasteiger partial charge in [-0.3, -0.25) is 0 Å². The van der Waals surface area contributed by atoms with Gasteiger partial charge in [0.25, 0.3) is 0 Å². The third kappa shape index (κ3) is 0.796. The highest BCUT2D eigenvalue weighted by atomic mass is 16.1. The number of carbonyl (C=O) groups is 1. The lowest BCUT2D eigenvalue weighted by atomic mass is 10.2. The molecule has 0 aliphatic carbocycles. The van der Waals surface area contributed by atoms with Gasteiger partial charge in [0.1, 0.15) is 6.29 Å². The van der Waals surface area contributed by atoms with Crippen LogP contribution in [0.5, 0.6) is 0 Å². The van der Waals surface area contributed by atoms with E-state index in [-0.39, 0.29) is 5.92 Å². The van der Waals surface area contributed by atoms with Crippen LogP contribution in [0.15, 0.2) is 12.3 Å². The molecule has 0 radical (unpaired) electrons. The fraction of sp³-hybridized carbons (Fsp3) is 0.400. The minimum atomic E-state index is 0.125. The monoisotopic (exact) mass is 97.1 g/mol. The van der Waals surface area contributed by atoms with Gasteiger partial charge in [-0.2, -0.15) is 0 Å². The standard InChI is InChI=1S/C5H7NO/c7-4-5-1-2-6-3-5/h1-2,4-6H,3H2. The largest absolute Gasteiger partial charge is 0.390 e. The van der Waals surface area contributed by atoms with E-state index in [0.717, 1.165) is 12.8 Å². The first-order valence-electron chi connectivity index (χ1n) is 2.29. The molecule has 0 aromatic rings. The molecule has 0 spiro atoms. The average Bonchev–Trinajstić information content (AvgIpc) is 2.14. The predicted octanol–water partition coefficient (Wildman–Crippen LogP) is -0.0816. The average molecular weight is 97.1 g/mol. The van der Waals surface area contributed by atoms with Crippen LogP contribution in [0, 0.1) is 5.92 Å². The third-order valence-electron chi connectivity index (χ3n) is 0.990. The fourth-order valence-electron chi connectivity index (χ4n) is 0.557. The SMILES string of the molecule is O=CC1C=CNC1. The topological polar surface area (TPSA) is 29.1 Å². The summed E-state index contributed by atoms with van der Waals surface area (Å²) in [6.45, 7) is 0.781. The molecule has 7 heavy (non-hydrogen) atoms. The summed E-state index contributed by atoms with van der Waals surface area (Å²) >= 11 is 0. The van der Waals surface area contributed by atoms with Crippen LogP contribution < -0.4 is 5.32 Å². The zero-order chi connectivity index (χ0) is 5.11. The van der Waals surface area contributed by atoms with Gasteiger partial charge in [0.2, 0.25) is 0 Å². The van der Waals surface area contributed by atoms with E-state index in [2.05, 4.69) is 5.32 Å². The Morgan fingerprint density at radius 2 is 2.71 bits per heavy atom. The van der Waals surface area contributed by atoms with E-state index in [4.69, 9.17) is 0 Å². The Morgan fingerprint density at radius 1 is 1.86 bits per heavy atom. The van der Waals surface area contributed by atoms with Crippen molar-refractivity contribution in [2.75, 3.05) is 6.54 Å². The Labute approximate surface area is 42.2 Å². The molecule has 1 N–H and O–H groups in total. The van der Waals surface area contributed by atoms with Crippen molar-refractivity contribution in [3.05, 3.63) is 12.3 Å². The van der Waals surface area contributed by atoms with Gasteiger partial charge in [-0.05, 0) is 6.20 Å². The first-order valence-corrected chi connectivity index (χ1v) is 2.29.